The van der Waals surface area contributed by atoms with Crippen LogP contribution in [0.25, 0.3) is 0 Å². The number of hydrogen-bond donors (Lipinski definition) is 0. The fraction of sp³-hybridized carbons (Fsp3) is 0.273. The molecule has 0 amide bonds. The van der Waals surface area contributed by atoms with E-state index < -0.39 is 0 Å². The highest BCUT2D eigenvalue weighted by molar-refractivity contribution is 8.00. The summed E-state index contributed by atoms with van der Waals surface area (Å²) in [5, 5.41) is 5.23. The van der Waals surface area contributed by atoms with Crippen molar-refractivity contribution in [3.8, 4) is 0 Å². The third-order valence-electron chi connectivity index (χ3n) is 2.16. The highest BCUT2D eigenvalue weighted by Gasteiger charge is 2.11. The SMILES string of the molecule is Cc1cc(SCC(=O)c2ccc(Cl)s2)n(C)n1. The minimum Gasteiger partial charge on any atom is -0.292 e. The molecule has 2 rings (SSSR count). The number of Topliss-reactive ketones (excluding diaryl/α,β-unsaturated/α-hetero) is 1. The molecule has 0 aliphatic carbocycles. The molecule has 0 aromatic carbocycles. The maximum Gasteiger partial charge on any atom is 0.183 e. The predicted octanol–water partition coefficient (Wildman–Crippen LogP) is 3.42. The van der Waals surface area contributed by atoms with E-state index in [9.17, 15) is 4.79 Å². The van der Waals surface area contributed by atoms with E-state index >= 15 is 0 Å². The fourth-order valence-corrected chi connectivity index (χ4v) is 3.38. The van der Waals surface area contributed by atoms with Gasteiger partial charge in [0.2, 0.25) is 0 Å². The van der Waals surface area contributed by atoms with Gasteiger partial charge in [0.05, 0.1) is 25.7 Å². The Morgan fingerprint density at radius 3 is 2.88 bits per heavy atom. The zero-order valence-electron chi connectivity index (χ0n) is 9.44. The number of thioether (sulfide) groups is 1. The summed E-state index contributed by atoms with van der Waals surface area (Å²) in [4.78, 5) is 12.6. The molecule has 17 heavy (non-hydrogen) atoms. The van der Waals surface area contributed by atoms with E-state index in [1.165, 1.54) is 23.1 Å². The molecule has 0 unspecified atom stereocenters. The van der Waals surface area contributed by atoms with E-state index in [-0.39, 0.29) is 5.78 Å². The Bertz CT molecular complexity index is 547. The van der Waals surface area contributed by atoms with Crippen LogP contribution in [0.15, 0.2) is 23.2 Å². The molecule has 0 aliphatic heterocycles. The number of carbonyl (C=O) groups is 1. The van der Waals surface area contributed by atoms with Gasteiger partial charge in [-0.3, -0.25) is 9.48 Å². The van der Waals surface area contributed by atoms with Gasteiger partial charge in [0, 0.05) is 7.05 Å². The Labute approximate surface area is 113 Å². The lowest BCUT2D eigenvalue weighted by Crippen LogP contribution is -2.01. The molecule has 0 atom stereocenters. The van der Waals surface area contributed by atoms with Crippen LogP contribution in [-0.4, -0.2) is 21.3 Å². The zero-order chi connectivity index (χ0) is 12.4. The van der Waals surface area contributed by atoms with Crippen molar-refractivity contribution in [3.63, 3.8) is 0 Å². The number of carbonyl (C=O) groups excluding carboxylic acids is 1. The molecule has 0 radical (unpaired) electrons. The summed E-state index contributed by atoms with van der Waals surface area (Å²) < 4.78 is 2.43. The van der Waals surface area contributed by atoms with Crippen LogP contribution in [0.2, 0.25) is 4.34 Å². The highest BCUT2D eigenvalue weighted by Crippen LogP contribution is 2.25. The number of aryl methyl sites for hydroxylation is 2. The first-order valence-electron chi connectivity index (χ1n) is 4.98. The van der Waals surface area contributed by atoms with Gasteiger partial charge in [0.1, 0.15) is 0 Å². The zero-order valence-corrected chi connectivity index (χ0v) is 11.8. The Morgan fingerprint density at radius 1 is 1.59 bits per heavy atom. The number of nitrogens with zero attached hydrogens (tertiary/aromatic N) is 2. The molecule has 0 fully saturated rings. The van der Waals surface area contributed by atoms with Crippen LogP contribution in [-0.2, 0) is 7.05 Å². The highest BCUT2D eigenvalue weighted by atomic mass is 35.5. The first-order valence-corrected chi connectivity index (χ1v) is 7.16. The van der Waals surface area contributed by atoms with Crippen molar-refractivity contribution in [2.24, 2.45) is 7.05 Å². The van der Waals surface area contributed by atoms with Crippen molar-refractivity contribution >= 4 is 40.5 Å². The average molecular weight is 287 g/mol. The lowest BCUT2D eigenvalue weighted by Gasteiger charge is -1.99. The van der Waals surface area contributed by atoms with Crippen LogP contribution < -0.4 is 0 Å². The molecular weight excluding hydrogens is 276 g/mol. The molecule has 6 heteroatoms. The van der Waals surface area contributed by atoms with E-state index in [0.29, 0.717) is 15.0 Å². The number of ketones is 1. The van der Waals surface area contributed by atoms with Crippen molar-refractivity contribution in [2.75, 3.05) is 5.75 Å². The van der Waals surface area contributed by atoms with Crippen molar-refractivity contribution in [1.82, 2.24) is 9.78 Å². The summed E-state index contributed by atoms with van der Waals surface area (Å²) in [7, 11) is 1.88. The monoisotopic (exact) mass is 286 g/mol. The Morgan fingerprint density at radius 2 is 2.35 bits per heavy atom. The van der Waals surface area contributed by atoms with E-state index in [4.69, 9.17) is 11.6 Å². The smallest absolute Gasteiger partial charge is 0.183 e. The van der Waals surface area contributed by atoms with Crippen LogP contribution in [0.4, 0.5) is 0 Å². The van der Waals surface area contributed by atoms with Crippen LogP contribution in [0.1, 0.15) is 15.4 Å². The Hall–Kier alpha value is -0.780. The third-order valence-corrected chi connectivity index (χ3v) is 4.51. The second-order valence-electron chi connectivity index (χ2n) is 3.56. The minimum atomic E-state index is 0.103. The molecule has 0 saturated carbocycles. The van der Waals surface area contributed by atoms with Crippen LogP contribution in [0, 0.1) is 6.92 Å². The number of thiophene rings is 1. The molecule has 0 bridgehead atoms. The molecule has 0 saturated heterocycles. The van der Waals surface area contributed by atoms with E-state index in [1.807, 2.05) is 20.0 Å². The molecular formula is C11H11ClN2OS2. The molecule has 90 valence electrons. The van der Waals surface area contributed by atoms with Gasteiger partial charge in [0.15, 0.2) is 5.78 Å². The summed E-state index contributed by atoms with van der Waals surface area (Å²) >= 11 is 8.61. The summed E-state index contributed by atoms with van der Waals surface area (Å²) in [6.45, 7) is 1.94. The van der Waals surface area contributed by atoms with Gasteiger partial charge >= 0.3 is 0 Å². The molecule has 2 aromatic heterocycles. The second kappa shape index (κ2) is 5.25. The summed E-state index contributed by atoms with van der Waals surface area (Å²) in [5.41, 5.74) is 0.960. The molecule has 0 spiro atoms. The van der Waals surface area contributed by atoms with Gasteiger partial charge in [-0.2, -0.15) is 5.10 Å². The standard InChI is InChI=1S/C11H11ClN2OS2/c1-7-5-11(14(2)13-7)16-6-8(15)9-3-4-10(12)17-9/h3-5H,6H2,1-2H3. The maximum absolute atomic E-state index is 11.9. The third kappa shape index (κ3) is 3.12. The number of aromatic nitrogens is 2. The van der Waals surface area contributed by atoms with Crippen LogP contribution >= 0.6 is 34.7 Å². The summed E-state index contributed by atoms with van der Waals surface area (Å²) in [6.07, 6.45) is 0. The van der Waals surface area contributed by atoms with Gasteiger partial charge in [-0.15, -0.1) is 11.3 Å². The quantitative estimate of drug-likeness (QED) is 0.638. The Kier molecular flexibility index (Phi) is 3.91. The van der Waals surface area contributed by atoms with Gasteiger partial charge in [-0.25, -0.2) is 0 Å². The van der Waals surface area contributed by atoms with Crippen molar-refractivity contribution in [3.05, 3.63) is 33.1 Å². The van der Waals surface area contributed by atoms with Gasteiger partial charge in [-0.1, -0.05) is 23.4 Å². The Balaban J connectivity index is 1.99. The number of rotatable bonds is 4. The lowest BCUT2D eigenvalue weighted by molar-refractivity contribution is 0.102. The van der Waals surface area contributed by atoms with Crippen LogP contribution in [0.3, 0.4) is 0 Å². The molecule has 3 nitrogen and oxygen atoms in total. The van der Waals surface area contributed by atoms with Gasteiger partial charge in [0.25, 0.3) is 0 Å². The second-order valence-corrected chi connectivity index (χ2v) is 6.27. The maximum atomic E-state index is 11.9. The van der Waals surface area contributed by atoms with Crippen LogP contribution in [0.5, 0.6) is 0 Å². The van der Waals surface area contributed by atoms with Crippen molar-refractivity contribution < 1.29 is 4.79 Å². The largest absolute Gasteiger partial charge is 0.292 e. The van der Waals surface area contributed by atoms with E-state index in [2.05, 4.69) is 5.10 Å². The lowest BCUT2D eigenvalue weighted by atomic mass is 10.4. The number of hydrogen-bond acceptors (Lipinski definition) is 4. The molecule has 2 heterocycles. The van der Waals surface area contributed by atoms with E-state index in [1.54, 1.807) is 16.8 Å². The normalized spacial score (nSPS) is 10.8. The number of halogens is 1. The fourth-order valence-electron chi connectivity index (χ4n) is 1.40. The van der Waals surface area contributed by atoms with Crippen molar-refractivity contribution in [1.29, 1.82) is 0 Å². The molecule has 2 aromatic rings. The average Bonchev–Trinajstić information content (AvgIpc) is 2.82. The first-order chi connectivity index (χ1) is 8.06. The topological polar surface area (TPSA) is 34.9 Å². The molecule has 0 aliphatic rings. The summed E-state index contributed by atoms with van der Waals surface area (Å²) in [6, 6.07) is 5.49. The minimum absolute atomic E-state index is 0.103. The molecule has 0 N–H and O–H groups in total. The van der Waals surface area contributed by atoms with E-state index in [0.717, 1.165) is 10.7 Å². The van der Waals surface area contributed by atoms with Crippen molar-refractivity contribution in [2.45, 2.75) is 11.9 Å². The first kappa shape index (κ1) is 12.7. The van der Waals surface area contributed by atoms with Gasteiger partial charge < -0.3 is 0 Å². The summed E-state index contributed by atoms with van der Waals surface area (Å²) in [5.74, 6) is 0.515. The van der Waals surface area contributed by atoms with Gasteiger partial charge in [-0.05, 0) is 25.1 Å². The predicted molar refractivity (Wildman–Crippen MR) is 72.3 cm³/mol.